The fourth-order valence-corrected chi connectivity index (χ4v) is 2.73. The number of nitrogens with one attached hydrogen (secondary N) is 1. The van der Waals surface area contributed by atoms with Gasteiger partial charge in [-0.25, -0.2) is 0 Å². The first-order valence-corrected chi connectivity index (χ1v) is 7.44. The van der Waals surface area contributed by atoms with E-state index in [0.717, 1.165) is 11.8 Å². The van der Waals surface area contributed by atoms with Gasteiger partial charge in [-0.05, 0) is 12.1 Å². The molecule has 9 heteroatoms. The first-order valence-electron chi connectivity index (χ1n) is 6.56. The van der Waals surface area contributed by atoms with Crippen LogP contribution in [0.1, 0.15) is 12.0 Å². The number of carboxylic acid groups (broad SMARTS) is 1. The van der Waals surface area contributed by atoms with Crippen molar-refractivity contribution in [3.8, 4) is 11.5 Å². The smallest absolute Gasteiger partial charge is 0.305 e. The van der Waals surface area contributed by atoms with Crippen LogP contribution in [0.25, 0.3) is 0 Å². The quantitative estimate of drug-likeness (QED) is 0.594. The van der Waals surface area contributed by atoms with Gasteiger partial charge in [0.1, 0.15) is 16.7 Å². The molecule has 1 atom stereocenters. The number of methoxy groups -OCH3 is 2. The summed E-state index contributed by atoms with van der Waals surface area (Å²) in [7, 11) is 3.09. The number of amides is 1. The Labute approximate surface area is 136 Å². The molecule has 1 saturated heterocycles. The fourth-order valence-electron chi connectivity index (χ4n) is 1.81. The third-order valence-electron chi connectivity index (χ3n) is 2.92. The molecule has 0 saturated carbocycles. The highest BCUT2D eigenvalue weighted by Gasteiger charge is 2.32. The maximum absolute atomic E-state index is 11.6. The topological polar surface area (TPSA) is 110 Å². The molecule has 1 aliphatic rings. The van der Waals surface area contributed by atoms with Crippen LogP contribution in [-0.4, -0.2) is 47.8 Å². The Morgan fingerprint density at radius 2 is 2.22 bits per heavy atom. The normalized spacial score (nSPS) is 19.1. The van der Waals surface area contributed by atoms with Crippen LogP contribution in [0.15, 0.2) is 28.4 Å². The van der Waals surface area contributed by atoms with Gasteiger partial charge >= 0.3 is 5.97 Å². The number of nitrogens with zero attached hydrogens (tertiary/aromatic N) is 2. The molecule has 23 heavy (non-hydrogen) atoms. The summed E-state index contributed by atoms with van der Waals surface area (Å²) in [5.41, 5.74) is 0.689. The van der Waals surface area contributed by atoms with Crippen LogP contribution in [0.2, 0.25) is 0 Å². The number of hydrogen-bond donors (Lipinski definition) is 2. The lowest BCUT2D eigenvalue weighted by molar-refractivity contribution is -0.138. The number of amidine groups is 1. The molecule has 1 heterocycles. The molecule has 122 valence electrons. The lowest BCUT2D eigenvalue weighted by Gasteiger charge is -2.06. The van der Waals surface area contributed by atoms with Gasteiger partial charge in [-0.3, -0.25) is 9.59 Å². The molecule has 0 radical (unpaired) electrons. The Morgan fingerprint density at radius 3 is 2.87 bits per heavy atom. The highest BCUT2D eigenvalue weighted by molar-refractivity contribution is 8.15. The zero-order valence-electron chi connectivity index (χ0n) is 12.5. The van der Waals surface area contributed by atoms with Crippen molar-refractivity contribution in [3.63, 3.8) is 0 Å². The van der Waals surface area contributed by atoms with Crippen LogP contribution in [0, 0.1) is 0 Å². The van der Waals surface area contributed by atoms with Crippen molar-refractivity contribution in [2.75, 3.05) is 14.2 Å². The SMILES string of the molecule is COc1ccc(C=N/N=C2\NC(=O)C(CC(=O)O)S2)c(OC)c1. The van der Waals surface area contributed by atoms with Crippen LogP contribution in [0.5, 0.6) is 11.5 Å². The van der Waals surface area contributed by atoms with Crippen molar-refractivity contribution >= 4 is 35.0 Å². The number of benzene rings is 1. The van der Waals surface area contributed by atoms with Crippen molar-refractivity contribution in [2.45, 2.75) is 11.7 Å². The van der Waals surface area contributed by atoms with E-state index in [1.165, 1.54) is 13.3 Å². The van der Waals surface area contributed by atoms with E-state index in [2.05, 4.69) is 15.5 Å². The van der Waals surface area contributed by atoms with E-state index in [-0.39, 0.29) is 17.5 Å². The number of hydrogen-bond acceptors (Lipinski definition) is 7. The van der Waals surface area contributed by atoms with Crippen molar-refractivity contribution < 1.29 is 24.2 Å². The Morgan fingerprint density at radius 1 is 1.43 bits per heavy atom. The lowest BCUT2D eigenvalue weighted by atomic mass is 10.2. The van der Waals surface area contributed by atoms with E-state index in [9.17, 15) is 9.59 Å². The summed E-state index contributed by atoms with van der Waals surface area (Å²) in [6.45, 7) is 0. The molecule has 0 bridgehead atoms. The van der Waals surface area contributed by atoms with Crippen LogP contribution in [0.3, 0.4) is 0 Å². The zero-order chi connectivity index (χ0) is 16.8. The van der Waals surface area contributed by atoms with Gasteiger partial charge in [0.2, 0.25) is 5.91 Å². The van der Waals surface area contributed by atoms with Crippen molar-refractivity contribution in [1.29, 1.82) is 0 Å². The van der Waals surface area contributed by atoms with Gasteiger partial charge in [0.15, 0.2) is 5.17 Å². The molecule has 0 aromatic heterocycles. The molecule has 1 fully saturated rings. The summed E-state index contributed by atoms with van der Waals surface area (Å²) in [4.78, 5) is 22.2. The number of ether oxygens (including phenoxy) is 2. The van der Waals surface area contributed by atoms with Crippen LogP contribution in [0.4, 0.5) is 0 Å². The van der Waals surface area contributed by atoms with Gasteiger partial charge < -0.3 is 19.9 Å². The van der Waals surface area contributed by atoms with Crippen molar-refractivity contribution in [3.05, 3.63) is 23.8 Å². The summed E-state index contributed by atoms with van der Waals surface area (Å²) < 4.78 is 10.3. The molecule has 8 nitrogen and oxygen atoms in total. The molecule has 1 aromatic carbocycles. The second-order valence-electron chi connectivity index (χ2n) is 4.45. The third kappa shape index (κ3) is 4.46. The van der Waals surface area contributed by atoms with Gasteiger partial charge in [0.25, 0.3) is 0 Å². The highest BCUT2D eigenvalue weighted by atomic mass is 32.2. The molecule has 2 N–H and O–H groups in total. The predicted molar refractivity (Wildman–Crippen MR) is 86.3 cm³/mol. The number of aliphatic carboxylic acids is 1. The first kappa shape index (κ1) is 16.8. The molecule has 1 aliphatic heterocycles. The molecular weight excluding hydrogens is 322 g/mol. The number of carbonyl (C=O) groups excluding carboxylic acids is 1. The Hall–Kier alpha value is -2.55. The van der Waals surface area contributed by atoms with E-state index >= 15 is 0 Å². The molecule has 1 aromatic rings. The second kappa shape index (κ2) is 7.63. The van der Waals surface area contributed by atoms with Crippen molar-refractivity contribution in [2.24, 2.45) is 10.2 Å². The highest BCUT2D eigenvalue weighted by Crippen LogP contribution is 2.24. The van der Waals surface area contributed by atoms with Crippen LogP contribution in [-0.2, 0) is 9.59 Å². The average molecular weight is 337 g/mol. The van der Waals surface area contributed by atoms with Crippen LogP contribution >= 0.6 is 11.8 Å². The van der Waals surface area contributed by atoms with E-state index in [1.54, 1.807) is 25.3 Å². The van der Waals surface area contributed by atoms with Gasteiger partial charge in [-0.1, -0.05) is 11.8 Å². The second-order valence-corrected chi connectivity index (χ2v) is 5.64. The summed E-state index contributed by atoms with van der Waals surface area (Å²) in [6.07, 6.45) is 1.22. The predicted octanol–water partition coefficient (Wildman–Crippen LogP) is 1.10. The summed E-state index contributed by atoms with van der Waals surface area (Å²) in [6, 6.07) is 5.23. The minimum atomic E-state index is -1.04. The molecule has 1 amide bonds. The molecule has 1 unspecified atom stereocenters. The molecule has 0 spiro atoms. The Kier molecular flexibility index (Phi) is 5.58. The minimum absolute atomic E-state index is 0.258. The largest absolute Gasteiger partial charge is 0.497 e. The van der Waals surface area contributed by atoms with Crippen molar-refractivity contribution in [1.82, 2.24) is 5.32 Å². The summed E-state index contributed by atoms with van der Waals surface area (Å²) >= 11 is 1.04. The Bertz CT molecular complexity index is 674. The standard InChI is InChI=1S/C14H15N3O5S/c1-21-9-4-3-8(10(5-9)22-2)7-15-17-14-16-13(20)11(23-14)6-12(18)19/h3-5,7,11H,6H2,1-2H3,(H,18,19)(H,16,17,20). The molecule has 2 rings (SSSR count). The van der Waals surface area contributed by atoms with E-state index < -0.39 is 11.2 Å². The van der Waals surface area contributed by atoms with E-state index in [0.29, 0.717) is 17.1 Å². The maximum atomic E-state index is 11.6. The van der Waals surface area contributed by atoms with Crippen LogP contribution < -0.4 is 14.8 Å². The van der Waals surface area contributed by atoms with E-state index in [1.807, 2.05) is 0 Å². The average Bonchev–Trinajstić information content (AvgIpc) is 2.86. The summed E-state index contributed by atoms with van der Waals surface area (Å²) in [5.74, 6) is -0.195. The first-order chi connectivity index (χ1) is 11.0. The van der Waals surface area contributed by atoms with E-state index in [4.69, 9.17) is 14.6 Å². The summed E-state index contributed by atoms with van der Waals surface area (Å²) in [5, 5.41) is 18.6. The molecule has 0 aliphatic carbocycles. The fraction of sp³-hybridized carbons (Fsp3) is 0.286. The number of carboxylic acids is 1. The zero-order valence-corrected chi connectivity index (χ0v) is 13.3. The van der Waals surface area contributed by atoms with Gasteiger partial charge in [-0.15, -0.1) is 5.10 Å². The maximum Gasteiger partial charge on any atom is 0.305 e. The number of carbonyl (C=O) groups is 2. The number of thioether (sulfide) groups is 1. The van der Waals surface area contributed by atoms with Gasteiger partial charge in [0, 0.05) is 11.6 Å². The lowest BCUT2D eigenvalue weighted by Crippen LogP contribution is -2.26. The number of rotatable bonds is 6. The monoisotopic (exact) mass is 337 g/mol. The molecular formula is C14H15N3O5S. The van der Waals surface area contributed by atoms with Gasteiger partial charge in [0.05, 0.1) is 26.9 Å². The Balaban J connectivity index is 2.07. The van der Waals surface area contributed by atoms with Gasteiger partial charge in [-0.2, -0.15) is 5.10 Å². The third-order valence-corrected chi connectivity index (χ3v) is 3.99. The minimum Gasteiger partial charge on any atom is -0.497 e.